The van der Waals surface area contributed by atoms with E-state index in [0.29, 0.717) is 5.75 Å². The molecule has 0 aliphatic carbocycles. The number of aromatic nitrogens is 1. The topological polar surface area (TPSA) is 79.3 Å². The van der Waals surface area contributed by atoms with E-state index in [1.165, 1.54) is 11.8 Å². The predicted molar refractivity (Wildman–Crippen MR) is 86.7 cm³/mol. The maximum absolute atomic E-state index is 12.0. The lowest BCUT2D eigenvalue weighted by molar-refractivity contribution is -0.151. The van der Waals surface area contributed by atoms with Crippen molar-refractivity contribution in [2.45, 2.75) is 45.9 Å². The predicted octanol–water partition coefficient (Wildman–Crippen LogP) is 2.69. The van der Waals surface area contributed by atoms with Crippen LogP contribution >= 0.6 is 23.1 Å². The number of rotatable bonds is 7. The van der Waals surface area contributed by atoms with E-state index >= 15 is 0 Å². The SMILES string of the molecule is Cc1nc(CSCC(=O)NC(C)(C)C(C)(C)C(=O)O)cs1. The highest BCUT2D eigenvalue weighted by molar-refractivity contribution is 7.99. The number of nitrogens with one attached hydrogen (secondary N) is 1. The van der Waals surface area contributed by atoms with Crippen molar-refractivity contribution in [3.05, 3.63) is 16.1 Å². The van der Waals surface area contributed by atoms with E-state index < -0.39 is 16.9 Å². The van der Waals surface area contributed by atoms with Gasteiger partial charge in [-0.15, -0.1) is 23.1 Å². The van der Waals surface area contributed by atoms with Crippen molar-refractivity contribution in [1.82, 2.24) is 10.3 Å². The summed E-state index contributed by atoms with van der Waals surface area (Å²) in [5, 5.41) is 15.1. The molecule has 1 aromatic rings. The Morgan fingerprint density at radius 1 is 1.38 bits per heavy atom. The second-order valence-electron chi connectivity index (χ2n) is 5.95. The van der Waals surface area contributed by atoms with Crippen LogP contribution in [-0.2, 0) is 15.3 Å². The van der Waals surface area contributed by atoms with Crippen molar-refractivity contribution in [1.29, 1.82) is 0 Å². The maximum Gasteiger partial charge on any atom is 0.311 e. The summed E-state index contributed by atoms with van der Waals surface area (Å²) < 4.78 is 0. The quantitative estimate of drug-likeness (QED) is 0.803. The Bertz CT molecular complexity index is 524. The fraction of sp³-hybridized carbons (Fsp3) is 0.643. The third-order valence-electron chi connectivity index (χ3n) is 3.70. The van der Waals surface area contributed by atoms with Gasteiger partial charge in [0.25, 0.3) is 0 Å². The first-order valence-corrected chi connectivity index (χ1v) is 8.63. The summed E-state index contributed by atoms with van der Waals surface area (Å²) in [5.41, 5.74) is -0.895. The minimum Gasteiger partial charge on any atom is -0.481 e. The van der Waals surface area contributed by atoms with Crippen LogP contribution in [0.1, 0.15) is 38.4 Å². The Morgan fingerprint density at radius 2 is 2.00 bits per heavy atom. The fourth-order valence-corrected chi connectivity index (χ4v) is 2.97. The Kier molecular flexibility index (Phi) is 5.81. The molecule has 1 amide bonds. The Balaban J connectivity index is 2.48. The van der Waals surface area contributed by atoms with Crippen LogP contribution in [0, 0.1) is 12.3 Å². The molecule has 118 valence electrons. The highest BCUT2D eigenvalue weighted by Gasteiger charge is 2.44. The molecule has 0 radical (unpaired) electrons. The molecule has 0 bridgehead atoms. The van der Waals surface area contributed by atoms with Gasteiger partial charge in [0.05, 0.1) is 21.9 Å². The first kappa shape index (κ1) is 18.0. The second kappa shape index (κ2) is 6.79. The average molecular weight is 330 g/mol. The van der Waals surface area contributed by atoms with Gasteiger partial charge in [0.15, 0.2) is 0 Å². The van der Waals surface area contributed by atoms with Crippen LogP contribution in [0.4, 0.5) is 0 Å². The van der Waals surface area contributed by atoms with E-state index in [1.807, 2.05) is 12.3 Å². The third-order valence-corrected chi connectivity index (χ3v) is 5.49. The van der Waals surface area contributed by atoms with Gasteiger partial charge >= 0.3 is 5.97 Å². The third kappa shape index (κ3) is 4.71. The highest BCUT2D eigenvalue weighted by atomic mass is 32.2. The molecule has 1 aromatic heterocycles. The van der Waals surface area contributed by atoms with E-state index in [-0.39, 0.29) is 11.7 Å². The number of thiazole rings is 1. The number of nitrogens with zero attached hydrogens (tertiary/aromatic N) is 1. The number of thioether (sulfide) groups is 1. The largest absolute Gasteiger partial charge is 0.481 e. The minimum absolute atomic E-state index is 0.161. The molecule has 0 saturated heterocycles. The number of carbonyl (C=O) groups is 2. The normalized spacial score (nSPS) is 12.2. The van der Waals surface area contributed by atoms with E-state index in [1.54, 1.807) is 39.0 Å². The molecule has 0 aromatic carbocycles. The molecule has 5 nitrogen and oxygen atoms in total. The molecule has 0 spiro atoms. The zero-order valence-corrected chi connectivity index (χ0v) is 14.7. The van der Waals surface area contributed by atoms with Gasteiger partial charge < -0.3 is 10.4 Å². The molecule has 0 unspecified atom stereocenters. The number of aryl methyl sites for hydroxylation is 1. The number of hydrogen-bond acceptors (Lipinski definition) is 5. The molecular formula is C14H22N2O3S2. The number of amides is 1. The van der Waals surface area contributed by atoms with Gasteiger partial charge in [-0.25, -0.2) is 4.98 Å². The number of carbonyl (C=O) groups excluding carboxylic acids is 1. The lowest BCUT2D eigenvalue weighted by atomic mass is 9.74. The van der Waals surface area contributed by atoms with Crippen molar-refractivity contribution < 1.29 is 14.7 Å². The maximum atomic E-state index is 12.0. The molecule has 0 aliphatic heterocycles. The van der Waals surface area contributed by atoms with Gasteiger partial charge in [0.2, 0.25) is 5.91 Å². The van der Waals surface area contributed by atoms with E-state index in [9.17, 15) is 14.7 Å². The Morgan fingerprint density at radius 3 is 2.48 bits per heavy atom. The molecule has 2 N–H and O–H groups in total. The number of hydrogen-bond donors (Lipinski definition) is 2. The van der Waals surface area contributed by atoms with Crippen LogP contribution in [0.15, 0.2) is 5.38 Å². The molecular weight excluding hydrogens is 308 g/mol. The van der Waals surface area contributed by atoms with Gasteiger partial charge in [0.1, 0.15) is 0 Å². The fourth-order valence-electron chi connectivity index (χ4n) is 1.53. The highest BCUT2D eigenvalue weighted by Crippen LogP contribution is 2.30. The zero-order chi connectivity index (χ0) is 16.3. The summed E-state index contributed by atoms with van der Waals surface area (Å²) in [6.07, 6.45) is 0. The summed E-state index contributed by atoms with van der Waals surface area (Å²) in [7, 11) is 0. The van der Waals surface area contributed by atoms with Gasteiger partial charge in [-0.1, -0.05) is 0 Å². The summed E-state index contributed by atoms with van der Waals surface area (Å²) in [6.45, 7) is 8.63. The zero-order valence-electron chi connectivity index (χ0n) is 13.0. The van der Waals surface area contributed by atoms with Crippen molar-refractivity contribution in [2.24, 2.45) is 5.41 Å². The molecule has 0 fully saturated rings. The second-order valence-corrected chi connectivity index (χ2v) is 8.00. The summed E-state index contributed by atoms with van der Waals surface area (Å²) in [5.74, 6) is -0.124. The van der Waals surface area contributed by atoms with Crippen molar-refractivity contribution in [2.75, 3.05) is 5.75 Å². The lowest BCUT2D eigenvalue weighted by Crippen LogP contribution is -2.57. The van der Waals surface area contributed by atoms with Crippen molar-refractivity contribution in [3.63, 3.8) is 0 Å². The van der Waals surface area contributed by atoms with Crippen molar-refractivity contribution in [3.8, 4) is 0 Å². The van der Waals surface area contributed by atoms with Crippen molar-refractivity contribution >= 4 is 35.0 Å². The van der Waals surface area contributed by atoms with Crippen LogP contribution in [0.3, 0.4) is 0 Å². The Hall–Kier alpha value is -1.08. The van der Waals surface area contributed by atoms with Gasteiger partial charge in [-0.3, -0.25) is 9.59 Å². The van der Waals surface area contributed by atoms with Crippen LogP contribution < -0.4 is 5.32 Å². The number of carboxylic acid groups (broad SMARTS) is 1. The minimum atomic E-state index is -1.04. The first-order chi connectivity index (χ1) is 9.56. The van der Waals surface area contributed by atoms with Crippen LogP contribution in [0.25, 0.3) is 0 Å². The molecule has 7 heteroatoms. The van der Waals surface area contributed by atoms with Gasteiger partial charge in [-0.2, -0.15) is 0 Å². The molecule has 0 atom stereocenters. The van der Waals surface area contributed by atoms with E-state index in [2.05, 4.69) is 10.3 Å². The summed E-state index contributed by atoms with van der Waals surface area (Å²) in [4.78, 5) is 27.6. The molecule has 0 aliphatic rings. The number of aliphatic carboxylic acids is 1. The van der Waals surface area contributed by atoms with E-state index in [0.717, 1.165) is 10.7 Å². The standard InChI is InChI=1S/C14H22N2O3S2/c1-9-15-10(7-21-9)6-20-8-11(17)16-14(4,5)13(2,3)12(18)19/h7H,6,8H2,1-5H3,(H,16,17)(H,18,19). The van der Waals surface area contributed by atoms with Gasteiger partial charge in [-0.05, 0) is 34.6 Å². The first-order valence-electron chi connectivity index (χ1n) is 6.59. The number of carboxylic acids is 1. The monoisotopic (exact) mass is 330 g/mol. The van der Waals surface area contributed by atoms with Crippen LogP contribution in [0.2, 0.25) is 0 Å². The smallest absolute Gasteiger partial charge is 0.311 e. The summed E-state index contributed by atoms with van der Waals surface area (Å²) in [6, 6.07) is 0. The molecule has 0 saturated carbocycles. The molecule has 21 heavy (non-hydrogen) atoms. The lowest BCUT2D eigenvalue weighted by Gasteiger charge is -2.38. The Labute approximate surface area is 133 Å². The molecule has 1 rings (SSSR count). The van der Waals surface area contributed by atoms with Gasteiger partial charge in [0, 0.05) is 16.7 Å². The molecule has 1 heterocycles. The summed E-state index contributed by atoms with van der Waals surface area (Å²) >= 11 is 3.06. The van der Waals surface area contributed by atoms with Crippen LogP contribution in [0.5, 0.6) is 0 Å². The van der Waals surface area contributed by atoms with E-state index in [4.69, 9.17) is 0 Å². The van der Waals surface area contributed by atoms with Crippen LogP contribution in [-0.4, -0.2) is 33.3 Å². The average Bonchev–Trinajstić information content (AvgIpc) is 2.73.